The monoisotopic (exact) mass is 228 g/mol. The van der Waals surface area contributed by atoms with Crippen LogP contribution in [0.2, 0.25) is 0 Å². The van der Waals surface area contributed by atoms with Crippen molar-refractivity contribution in [2.75, 3.05) is 33.3 Å². The van der Waals surface area contributed by atoms with Crippen LogP contribution in [0.1, 0.15) is 39.5 Å². The van der Waals surface area contributed by atoms with Crippen LogP contribution in [-0.2, 0) is 4.74 Å². The van der Waals surface area contributed by atoms with Gasteiger partial charge >= 0.3 is 0 Å². The topological polar surface area (TPSA) is 24.5 Å². The molecule has 0 radical (unpaired) electrons. The lowest BCUT2D eigenvalue weighted by molar-refractivity contribution is 0.102. The molecule has 1 aliphatic heterocycles. The zero-order valence-electron chi connectivity index (χ0n) is 11.2. The van der Waals surface area contributed by atoms with Crippen molar-refractivity contribution < 1.29 is 4.74 Å². The number of unbranched alkanes of at least 4 members (excludes halogenated alkanes) is 2. The van der Waals surface area contributed by atoms with Gasteiger partial charge in [-0.2, -0.15) is 0 Å². The molecule has 1 N–H and O–H groups in total. The highest BCUT2D eigenvalue weighted by Gasteiger charge is 2.25. The quantitative estimate of drug-likeness (QED) is 0.642. The van der Waals surface area contributed by atoms with Crippen LogP contribution in [0.25, 0.3) is 0 Å². The van der Waals surface area contributed by atoms with E-state index in [-0.39, 0.29) is 0 Å². The minimum atomic E-state index is 0.461. The highest BCUT2D eigenvalue weighted by Crippen LogP contribution is 2.14. The molecule has 1 rings (SSSR count). The van der Waals surface area contributed by atoms with Gasteiger partial charge in [0.1, 0.15) is 0 Å². The van der Waals surface area contributed by atoms with Crippen LogP contribution in [0.15, 0.2) is 0 Å². The smallest absolute Gasteiger partial charge is 0.0710 e. The van der Waals surface area contributed by atoms with Gasteiger partial charge in [0, 0.05) is 32.8 Å². The molecule has 0 aliphatic carbocycles. The molecule has 16 heavy (non-hydrogen) atoms. The Bertz CT molecular complexity index is 175. The first kappa shape index (κ1) is 13.9. The fraction of sp³-hybridized carbons (Fsp3) is 1.00. The highest BCUT2D eigenvalue weighted by molar-refractivity contribution is 4.80. The van der Waals surface area contributed by atoms with Gasteiger partial charge in [0.15, 0.2) is 0 Å². The van der Waals surface area contributed by atoms with Gasteiger partial charge in [0.2, 0.25) is 0 Å². The Labute approximate surface area is 101 Å². The van der Waals surface area contributed by atoms with Crippen molar-refractivity contribution in [2.45, 2.75) is 51.7 Å². The summed E-state index contributed by atoms with van der Waals surface area (Å²) in [7, 11) is 1.82. The first-order valence-electron chi connectivity index (χ1n) is 6.75. The third kappa shape index (κ3) is 4.81. The molecule has 0 spiro atoms. The van der Waals surface area contributed by atoms with Gasteiger partial charge in [-0.15, -0.1) is 0 Å². The van der Waals surface area contributed by atoms with Crippen molar-refractivity contribution in [2.24, 2.45) is 0 Å². The maximum Gasteiger partial charge on any atom is 0.0710 e. The fourth-order valence-corrected chi connectivity index (χ4v) is 2.29. The first-order valence-corrected chi connectivity index (χ1v) is 6.75. The summed E-state index contributed by atoms with van der Waals surface area (Å²) in [5.74, 6) is 0. The van der Waals surface area contributed by atoms with Crippen LogP contribution < -0.4 is 5.32 Å². The summed E-state index contributed by atoms with van der Waals surface area (Å²) >= 11 is 0. The van der Waals surface area contributed by atoms with Crippen LogP contribution in [0.4, 0.5) is 0 Å². The molecule has 96 valence electrons. The van der Waals surface area contributed by atoms with E-state index < -0.39 is 0 Å². The van der Waals surface area contributed by atoms with Crippen molar-refractivity contribution in [3.63, 3.8) is 0 Å². The summed E-state index contributed by atoms with van der Waals surface area (Å²) in [6.45, 7) is 9.13. The van der Waals surface area contributed by atoms with Crippen molar-refractivity contribution in [1.29, 1.82) is 0 Å². The molecule has 1 saturated heterocycles. The molecule has 1 fully saturated rings. The largest absolute Gasteiger partial charge is 0.380 e. The Kier molecular flexibility index (Phi) is 7.01. The van der Waals surface area contributed by atoms with E-state index in [1.165, 1.54) is 38.8 Å². The Hall–Kier alpha value is -0.120. The molecule has 0 amide bonds. The standard InChI is InChI=1S/C13H28N2O/c1-4-5-6-8-14-10-12(2)15-9-7-13(11-15)16-3/h12-14H,4-11H2,1-3H3. The molecule has 0 aromatic rings. The van der Waals surface area contributed by atoms with Crippen LogP contribution in [0.3, 0.4) is 0 Å². The van der Waals surface area contributed by atoms with Crippen molar-refractivity contribution >= 4 is 0 Å². The SMILES string of the molecule is CCCCCNCC(C)N1CCC(OC)C1. The molecule has 1 heterocycles. The van der Waals surface area contributed by atoms with Crippen molar-refractivity contribution in [3.8, 4) is 0 Å². The van der Waals surface area contributed by atoms with Crippen molar-refractivity contribution in [3.05, 3.63) is 0 Å². The Balaban J connectivity index is 2.04. The fourth-order valence-electron chi connectivity index (χ4n) is 2.29. The van der Waals surface area contributed by atoms with Gasteiger partial charge in [-0.1, -0.05) is 19.8 Å². The van der Waals surface area contributed by atoms with E-state index in [4.69, 9.17) is 4.74 Å². The highest BCUT2D eigenvalue weighted by atomic mass is 16.5. The Morgan fingerprint density at radius 3 is 2.88 bits per heavy atom. The van der Waals surface area contributed by atoms with Crippen molar-refractivity contribution in [1.82, 2.24) is 10.2 Å². The van der Waals surface area contributed by atoms with Crippen LogP contribution in [-0.4, -0.2) is 50.3 Å². The van der Waals surface area contributed by atoms with Gasteiger partial charge in [-0.3, -0.25) is 4.90 Å². The summed E-state index contributed by atoms with van der Waals surface area (Å²) < 4.78 is 5.39. The summed E-state index contributed by atoms with van der Waals surface area (Å²) in [4.78, 5) is 2.53. The second-order valence-electron chi connectivity index (χ2n) is 4.90. The number of ether oxygens (including phenoxy) is 1. The third-order valence-electron chi connectivity index (χ3n) is 3.53. The number of nitrogens with zero attached hydrogens (tertiary/aromatic N) is 1. The van der Waals surface area contributed by atoms with E-state index in [1.807, 2.05) is 7.11 Å². The summed E-state index contributed by atoms with van der Waals surface area (Å²) in [6, 6.07) is 0.641. The molecular formula is C13H28N2O. The molecule has 3 nitrogen and oxygen atoms in total. The lowest BCUT2D eigenvalue weighted by atomic mass is 10.2. The van der Waals surface area contributed by atoms with E-state index in [0.717, 1.165) is 13.1 Å². The normalized spacial score (nSPS) is 23.8. The van der Waals surface area contributed by atoms with Crippen LogP contribution in [0, 0.1) is 0 Å². The molecule has 0 bridgehead atoms. The summed E-state index contributed by atoms with van der Waals surface area (Å²) in [5.41, 5.74) is 0. The van der Waals surface area contributed by atoms with Gasteiger partial charge in [0.25, 0.3) is 0 Å². The zero-order valence-corrected chi connectivity index (χ0v) is 11.2. The first-order chi connectivity index (χ1) is 7.77. The maximum absolute atomic E-state index is 5.39. The molecule has 2 unspecified atom stereocenters. The average Bonchev–Trinajstić information content (AvgIpc) is 2.77. The minimum absolute atomic E-state index is 0.461. The van der Waals surface area contributed by atoms with Gasteiger partial charge in [-0.25, -0.2) is 0 Å². The van der Waals surface area contributed by atoms with Crippen LogP contribution in [0.5, 0.6) is 0 Å². The number of likely N-dealkylation sites (tertiary alicyclic amines) is 1. The number of rotatable bonds is 8. The van der Waals surface area contributed by atoms with Gasteiger partial charge < -0.3 is 10.1 Å². The number of nitrogens with one attached hydrogen (secondary N) is 1. The van der Waals surface area contributed by atoms with E-state index in [0.29, 0.717) is 12.1 Å². The predicted octanol–water partition coefficient (Wildman–Crippen LogP) is 1.88. The zero-order chi connectivity index (χ0) is 11.8. The second-order valence-corrected chi connectivity index (χ2v) is 4.90. The number of methoxy groups -OCH3 is 1. The predicted molar refractivity (Wildman–Crippen MR) is 68.8 cm³/mol. The summed E-state index contributed by atoms with van der Waals surface area (Å²) in [5, 5.41) is 3.55. The average molecular weight is 228 g/mol. The minimum Gasteiger partial charge on any atom is -0.380 e. The Morgan fingerprint density at radius 1 is 1.44 bits per heavy atom. The lowest BCUT2D eigenvalue weighted by Crippen LogP contribution is -2.39. The van der Waals surface area contributed by atoms with E-state index >= 15 is 0 Å². The van der Waals surface area contributed by atoms with Gasteiger partial charge in [-0.05, 0) is 26.3 Å². The molecule has 1 aliphatic rings. The lowest BCUT2D eigenvalue weighted by Gasteiger charge is -2.24. The van der Waals surface area contributed by atoms with Gasteiger partial charge in [0.05, 0.1) is 6.10 Å². The maximum atomic E-state index is 5.39. The van der Waals surface area contributed by atoms with Crippen LogP contribution >= 0.6 is 0 Å². The molecule has 3 heteroatoms. The van der Waals surface area contributed by atoms with E-state index in [9.17, 15) is 0 Å². The number of hydrogen-bond donors (Lipinski definition) is 1. The van der Waals surface area contributed by atoms with E-state index in [1.54, 1.807) is 0 Å². The second kappa shape index (κ2) is 8.04. The third-order valence-corrected chi connectivity index (χ3v) is 3.53. The molecular weight excluding hydrogens is 200 g/mol. The molecule has 0 aromatic heterocycles. The van der Waals surface area contributed by atoms with E-state index in [2.05, 4.69) is 24.1 Å². The molecule has 2 atom stereocenters. The Morgan fingerprint density at radius 2 is 2.25 bits per heavy atom. The number of hydrogen-bond acceptors (Lipinski definition) is 3. The molecule has 0 aromatic carbocycles. The summed E-state index contributed by atoms with van der Waals surface area (Å²) in [6.07, 6.45) is 5.61. The molecule has 0 saturated carbocycles.